The van der Waals surface area contributed by atoms with Gasteiger partial charge in [0.2, 0.25) is 11.0 Å². The van der Waals surface area contributed by atoms with Gasteiger partial charge < -0.3 is 10.6 Å². The van der Waals surface area contributed by atoms with Gasteiger partial charge in [0.15, 0.2) is 4.34 Å². The van der Waals surface area contributed by atoms with Crippen molar-refractivity contribution in [2.45, 2.75) is 49.7 Å². The van der Waals surface area contributed by atoms with E-state index in [1.165, 1.54) is 28.7 Å². The minimum Gasteiger partial charge on any atom is -0.351 e. The lowest BCUT2D eigenvalue weighted by Crippen LogP contribution is -2.44. The van der Waals surface area contributed by atoms with Gasteiger partial charge >= 0.3 is 0 Å². The first kappa shape index (κ1) is 17.7. The maximum Gasteiger partial charge on any atom is 0.233 e. The summed E-state index contributed by atoms with van der Waals surface area (Å²) in [6.07, 6.45) is 0. The molecule has 5 nitrogen and oxygen atoms in total. The fourth-order valence-electron chi connectivity index (χ4n) is 1.83. The number of rotatable bonds is 5. The zero-order valence-corrected chi connectivity index (χ0v) is 15.6. The molecule has 1 heterocycles. The van der Waals surface area contributed by atoms with Crippen LogP contribution in [-0.2, 0) is 4.79 Å². The van der Waals surface area contributed by atoms with Crippen LogP contribution in [0.25, 0.3) is 0 Å². The van der Waals surface area contributed by atoms with E-state index in [-0.39, 0.29) is 16.7 Å². The van der Waals surface area contributed by atoms with Crippen LogP contribution in [0.15, 0.2) is 28.6 Å². The highest BCUT2D eigenvalue weighted by Crippen LogP contribution is 2.30. The highest BCUT2D eigenvalue weighted by Gasteiger charge is 2.21. The van der Waals surface area contributed by atoms with Crippen LogP contribution in [0.1, 0.15) is 33.3 Å². The van der Waals surface area contributed by atoms with Gasteiger partial charge in [0.1, 0.15) is 0 Å². The molecule has 1 aromatic carbocycles. The van der Waals surface area contributed by atoms with Gasteiger partial charge in [-0.2, -0.15) is 0 Å². The van der Waals surface area contributed by atoms with Crippen molar-refractivity contribution in [2.75, 3.05) is 5.32 Å². The smallest absolute Gasteiger partial charge is 0.233 e. The zero-order valence-electron chi connectivity index (χ0n) is 14.0. The summed E-state index contributed by atoms with van der Waals surface area (Å²) in [5, 5.41) is 15.0. The van der Waals surface area contributed by atoms with E-state index in [2.05, 4.69) is 20.8 Å². The summed E-state index contributed by atoms with van der Waals surface area (Å²) in [6, 6.07) is 8.07. The van der Waals surface area contributed by atoms with E-state index >= 15 is 0 Å². The molecule has 0 aliphatic carbocycles. The predicted octanol–water partition coefficient (Wildman–Crippen LogP) is 3.99. The number of amides is 1. The van der Waals surface area contributed by atoms with Crippen molar-refractivity contribution in [3.8, 4) is 0 Å². The predicted molar refractivity (Wildman–Crippen MR) is 97.6 cm³/mol. The molecule has 1 aromatic heterocycles. The Morgan fingerprint density at radius 3 is 2.70 bits per heavy atom. The third kappa shape index (κ3) is 5.84. The number of aryl methyl sites for hydroxylation is 1. The topological polar surface area (TPSA) is 66.9 Å². The van der Waals surface area contributed by atoms with Crippen molar-refractivity contribution in [3.05, 3.63) is 29.8 Å². The lowest BCUT2D eigenvalue weighted by Gasteiger charge is -2.22. The van der Waals surface area contributed by atoms with Gasteiger partial charge in [-0.15, -0.1) is 10.2 Å². The minimum absolute atomic E-state index is 0.00546. The molecular weight excluding hydrogens is 328 g/mol. The maximum absolute atomic E-state index is 12.1. The van der Waals surface area contributed by atoms with E-state index in [1.807, 2.05) is 58.9 Å². The van der Waals surface area contributed by atoms with E-state index in [9.17, 15) is 4.79 Å². The van der Waals surface area contributed by atoms with Crippen molar-refractivity contribution in [1.82, 2.24) is 15.5 Å². The minimum atomic E-state index is -0.231. The quantitative estimate of drug-likeness (QED) is 0.798. The van der Waals surface area contributed by atoms with Gasteiger partial charge in [-0.05, 0) is 52.3 Å². The molecule has 0 spiro atoms. The Kier molecular flexibility index (Phi) is 5.64. The molecule has 23 heavy (non-hydrogen) atoms. The van der Waals surface area contributed by atoms with Crippen LogP contribution >= 0.6 is 23.1 Å². The largest absolute Gasteiger partial charge is 0.351 e. The summed E-state index contributed by atoms with van der Waals surface area (Å²) < 4.78 is 0.775. The summed E-state index contributed by atoms with van der Waals surface area (Å²) in [4.78, 5) is 12.1. The second kappa shape index (κ2) is 7.31. The van der Waals surface area contributed by atoms with Crippen molar-refractivity contribution < 1.29 is 4.79 Å². The molecule has 0 aliphatic heterocycles. The number of nitrogens with one attached hydrogen (secondary N) is 2. The van der Waals surface area contributed by atoms with Gasteiger partial charge in [0.25, 0.3) is 0 Å². The van der Waals surface area contributed by atoms with E-state index in [4.69, 9.17) is 0 Å². The van der Waals surface area contributed by atoms with Gasteiger partial charge in [-0.1, -0.05) is 35.2 Å². The van der Waals surface area contributed by atoms with E-state index in [0.29, 0.717) is 0 Å². The standard InChI is InChI=1S/C16H22N4OS2/c1-10-7-6-8-12(9-10)17-14-19-20-15(23-14)22-11(2)13(21)18-16(3,4)5/h6-9,11H,1-5H3,(H,17,19)(H,18,21). The van der Waals surface area contributed by atoms with Crippen LogP contribution in [0, 0.1) is 6.92 Å². The summed E-state index contributed by atoms with van der Waals surface area (Å²) in [6.45, 7) is 9.83. The molecule has 7 heteroatoms. The molecule has 0 saturated carbocycles. The third-order valence-electron chi connectivity index (χ3n) is 2.82. The van der Waals surface area contributed by atoms with Crippen LogP contribution in [0.2, 0.25) is 0 Å². The Morgan fingerprint density at radius 2 is 2.04 bits per heavy atom. The van der Waals surface area contributed by atoms with E-state index in [0.717, 1.165) is 15.2 Å². The first-order valence-corrected chi connectivity index (χ1v) is 9.08. The third-order valence-corrected chi connectivity index (χ3v) is 4.84. The highest BCUT2D eigenvalue weighted by molar-refractivity contribution is 8.02. The Bertz CT molecular complexity index is 679. The molecule has 2 aromatic rings. The molecule has 2 rings (SSSR count). The molecule has 0 saturated heterocycles. The van der Waals surface area contributed by atoms with Gasteiger partial charge in [0.05, 0.1) is 5.25 Å². The molecule has 0 bridgehead atoms. The van der Waals surface area contributed by atoms with Crippen LogP contribution in [0.4, 0.5) is 10.8 Å². The molecule has 1 unspecified atom stereocenters. The average Bonchev–Trinajstić information content (AvgIpc) is 2.84. The van der Waals surface area contributed by atoms with Crippen molar-refractivity contribution in [2.24, 2.45) is 0 Å². The Labute approximate surface area is 145 Å². The monoisotopic (exact) mass is 350 g/mol. The fourth-order valence-corrected chi connectivity index (χ4v) is 3.75. The second-order valence-corrected chi connectivity index (χ2v) is 8.93. The molecule has 0 fully saturated rings. The van der Waals surface area contributed by atoms with Gasteiger partial charge in [0, 0.05) is 11.2 Å². The lowest BCUT2D eigenvalue weighted by atomic mass is 10.1. The van der Waals surface area contributed by atoms with Gasteiger partial charge in [-0.3, -0.25) is 4.79 Å². The summed E-state index contributed by atoms with van der Waals surface area (Å²) in [5.74, 6) is 0.00546. The molecule has 0 aliphatic rings. The number of aromatic nitrogens is 2. The number of nitrogens with zero attached hydrogens (tertiary/aromatic N) is 2. The molecule has 1 atom stereocenters. The number of thioether (sulfide) groups is 1. The number of hydrogen-bond acceptors (Lipinski definition) is 6. The number of benzene rings is 1. The van der Waals surface area contributed by atoms with Gasteiger partial charge in [-0.25, -0.2) is 0 Å². The lowest BCUT2D eigenvalue weighted by molar-refractivity contribution is -0.121. The molecule has 0 radical (unpaired) electrons. The Morgan fingerprint density at radius 1 is 1.30 bits per heavy atom. The zero-order chi connectivity index (χ0) is 17.0. The second-order valence-electron chi connectivity index (χ2n) is 6.37. The van der Waals surface area contributed by atoms with Crippen LogP contribution in [0.3, 0.4) is 0 Å². The molecule has 2 N–H and O–H groups in total. The SMILES string of the molecule is Cc1cccc(Nc2nnc(SC(C)C(=O)NC(C)(C)C)s2)c1. The van der Waals surface area contributed by atoms with Crippen LogP contribution in [-0.4, -0.2) is 26.9 Å². The Hall–Kier alpha value is -1.60. The number of carbonyl (C=O) groups is 1. The summed E-state index contributed by atoms with van der Waals surface area (Å²) in [5.41, 5.74) is 1.93. The van der Waals surface area contributed by atoms with Crippen molar-refractivity contribution >= 4 is 39.8 Å². The van der Waals surface area contributed by atoms with Crippen LogP contribution in [0.5, 0.6) is 0 Å². The molecule has 124 valence electrons. The van der Waals surface area contributed by atoms with E-state index < -0.39 is 0 Å². The number of hydrogen-bond donors (Lipinski definition) is 2. The average molecular weight is 351 g/mol. The van der Waals surface area contributed by atoms with E-state index in [1.54, 1.807) is 0 Å². The number of carbonyl (C=O) groups excluding carboxylic acids is 1. The van der Waals surface area contributed by atoms with Crippen LogP contribution < -0.4 is 10.6 Å². The van der Waals surface area contributed by atoms with Crippen molar-refractivity contribution in [1.29, 1.82) is 0 Å². The first-order chi connectivity index (χ1) is 10.7. The van der Waals surface area contributed by atoms with Crippen molar-refractivity contribution in [3.63, 3.8) is 0 Å². The highest BCUT2D eigenvalue weighted by atomic mass is 32.2. The molecule has 1 amide bonds. The fraction of sp³-hybridized carbons (Fsp3) is 0.438. The Balaban J connectivity index is 1.95. The first-order valence-electron chi connectivity index (χ1n) is 7.39. The molecular formula is C16H22N4OS2. The normalized spacial score (nSPS) is 12.7. The number of anilines is 2. The summed E-state index contributed by atoms with van der Waals surface area (Å²) >= 11 is 2.87. The maximum atomic E-state index is 12.1. The summed E-state index contributed by atoms with van der Waals surface area (Å²) in [7, 11) is 0.